The summed E-state index contributed by atoms with van der Waals surface area (Å²) in [4.78, 5) is 36.3. The molecule has 1 aromatic carbocycles. The van der Waals surface area contributed by atoms with Gasteiger partial charge in [-0.25, -0.2) is 4.79 Å². The molecule has 2 aromatic rings. The van der Waals surface area contributed by atoms with Gasteiger partial charge < -0.3 is 4.74 Å². The Kier molecular flexibility index (Phi) is 4.59. The minimum Gasteiger partial charge on any atom is -0.456 e. The van der Waals surface area contributed by atoms with Crippen LogP contribution in [0.25, 0.3) is 0 Å². The van der Waals surface area contributed by atoms with Crippen LogP contribution < -0.4 is 11.2 Å². The van der Waals surface area contributed by atoms with Crippen LogP contribution in [0.4, 0.5) is 0 Å². The molecular formula is C14H13ClN2O4. The van der Waals surface area contributed by atoms with Crippen LogP contribution in [0.3, 0.4) is 0 Å². The van der Waals surface area contributed by atoms with Gasteiger partial charge in [0, 0.05) is 22.8 Å². The van der Waals surface area contributed by atoms with Gasteiger partial charge in [0.05, 0.1) is 0 Å². The monoisotopic (exact) mass is 308 g/mol. The number of hydrogen-bond acceptors (Lipinski definition) is 4. The normalized spacial score (nSPS) is 11.9. The number of carbonyl (C=O) groups is 1. The van der Waals surface area contributed by atoms with Crippen molar-refractivity contribution in [2.45, 2.75) is 19.6 Å². The van der Waals surface area contributed by atoms with Crippen LogP contribution in [0.15, 0.2) is 46.1 Å². The SMILES string of the molecule is C[C@H](OC(=O)Cn1ccc(=O)[nH]c1=O)c1ccccc1Cl. The minimum atomic E-state index is -0.662. The van der Waals surface area contributed by atoms with Gasteiger partial charge >= 0.3 is 11.7 Å². The quantitative estimate of drug-likeness (QED) is 0.868. The average molecular weight is 309 g/mol. The summed E-state index contributed by atoms with van der Waals surface area (Å²) in [7, 11) is 0. The molecule has 1 N–H and O–H groups in total. The number of halogens is 1. The van der Waals surface area contributed by atoms with Gasteiger partial charge in [0.2, 0.25) is 0 Å². The largest absolute Gasteiger partial charge is 0.456 e. The first-order valence-corrected chi connectivity index (χ1v) is 6.59. The van der Waals surface area contributed by atoms with Crippen LogP contribution in [0.1, 0.15) is 18.6 Å². The predicted octanol–water partition coefficient (Wildman–Crippen LogP) is 1.49. The third-order valence-corrected chi connectivity index (χ3v) is 3.19. The Morgan fingerprint density at radius 3 is 2.71 bits per heavy atom. The van der Waals surface area contributed by atoms with Gasteiger partial charge in [-0.1, -0.05) is 29.8 Å². The summed E-state index contributed by atoms with van der Waals surface area (Å²) in [6.45, 7) is 1.40. The fourth-order valence-corrected chi connectivity index (χ4v) is 2.10. The Balaban J connectivity index is 2.07. The lowest BCUT2D eigenvalue weighted by Gasteiger charge is -2.15. The first-order valence-electron chi connectivity index (χ1n) is 6.21. The molecule has 2 rings (SSSR count). The maximum atomic E-state index is 11.8. The highest BCUT2D eigenvalue weighted by atomic mass is 35.5. The maximum Gasteiger partial charge on any atom is 0.328 e. The number of rotatable bonds is 4. The van der Waals surface area contributed by atoms with E-state index in [2.05, 4.69) is 4.98 Å². The molecule has 110 valence electrons. The molecule has 0 aliphatic rings. The van der Waals surface area contributed by atoms with Gasteiger partial charge in [-0.15, -0.1) is 0 Å². The molecule has 7 heteroatoms. The Morgan fingerprint density at radius 1 is 1.33 bits per heavy atom. The maximum absolute atomic E-state index is 11.8. The van der Waals surface area contributed by atoms with Crippen molar-refractivity contribution in [3.8, 4) is 0 Å². The molecule has 0 saturated heterocycles. The number of ether oxygens (including phenoxy) is 1. The van der Waals surface area contributed by atoms with Crippen molar-refractivity contribution in [1.82, 2.24) is 9.55 Å². The third-order valence-electron chi connectivity index (χ3n) is 2.85. The number of nitrogens with zero attached hydrogens (tertiary/aromatic N) is 1. The van der Waals surface area contributed by atoms with Crippen molar-refractivity contribution in [1.29, 1.82) is 0 Å². The van der Waals surface area contributed by atoms with E-state index in [-0.39, 0.29) is 6.54 Å². The van der Waals surface area contributed by atoms with Crippen molar-refractivity contribution in [2.24, 2.45) is 0 Å². The van der Waals surface area contributed by atoms with E-state index >= 15 is 0 Å². The van der Waals surface area contributed by atoms with Gasteiger partial charge in [-0.3, -0.25) is 19.1 Å². The van der Waals surface area contributed by atoms with Crippen LogP contribution in [0, 0.1) is 0 Å². The van der Waals surface area contributed by atoms with Gasteiger partial charge in [0.25, 0.3) is 5.56 Å². The molecule has 0 unspecified atom stereocenters. The predicted molar refractivity (Wildman–Crippen MR) is 77.3 cm³/mol. The van der Waals surface area contributed by atoms with Crippen molar-refractivity contribution in [3.05, 3.63) is 68.0 Å². The number of aromatic amines is 1. The number of H-pyrrole nitrogens is 1. The van der Waals surface area contributed by atoms with Gasteiger partial charge in [-0.2, -0.15) is 0 Å². The van der Waals surface area contributed by atoms with Crippen LogP contribution >= 0.6 is 11.6 Å². The number of aromatic nitrogens is 2. The Labute approximate surface area is 124 Å². The molecule has 0 saturated carbocycles. The zero-order valence-corrected chi connectivity index (χ0v) is 12.0. The third kappa shape index (κ3) is 3.82. The molecule has 0 fully saturated rings. The number of esters is 1. The molecule has 0 spiro atoms. The minimum absolute atomic E-state index is 0.287. The molecule has 21 heavy (non-hydrogen) atoms. The molecular weight excluding hydrogens is 296 g/mol. The number of hydrogen-bond donors (Lipinski definition) is 1. The van der Waals surface area contributed by atoms with E-state index in [1.807, 2.05) is 0 Å². The van der Waals surface area contributed by atoms with E-state index in [0.717, 1.165) is 10.6 Å². The number of nitrogens with one attached hydrogen (secondary N) is 1. The van der Waals surface area contributed by atoms with Crippen molar-refractivity contribution >= 4 is 17.6 Å². The molecule has 1 atom stereocenters. The smallest absolute Gasteiger partial charge is 0.328 e. The lowest BCUT2D eigenvalue weighted by atomic mass is 10.1. The van der Waals surface area contributed by atoms with Crippen LogP contribution in [0.5, 0.6) is 0 Å². The topological polar surface area (TPSA) is 81.2 Å². The van der Waals surface area contributed by atoms with Crippen molar-refractivity contribution in [2.75, 3.05) is 0 Å². The number of carbonyl (C=O) groups excluding carboxylic acids is 1. The summed E-state index contributed by atoms with van der Waals surface area (Å²) in [5, 5.41) is 0.499. The summed E-state index contributed by atoms with van der Waals surface area (Å²) < 4.78 is 6.29. The highest BCUT2D eigenvalue weighted by molar-refractivity contribution is 6.31. The second-order valence-corrected chi connectivity index (χ2v) is 4.80. The van der Waals surface area contributed by atoms with E-state index in [4.69, 9.17) is 16.3 Å². The van der Waals surface area contributed by atoms with Gasteiger partial charge in [0.1, 0.15) is 12.6 Å². The van der Waals surface area contributed by atoms with E-state index in [9.17, 15) is 14.4 Å². The lowest BCUT2D eigenvalue weighted by molar-refractivity contribution is -0.149. The molecule has 0 amide bonds. The fourth-order valence-electron chi connectivity index (χ4n) is 1.81. The fraction of sp³-hybridized carbons (Fsp3) is 0.214. The molecule has 1 heterocycles. The summed E-state index contributed by atoms with van der Waals surface area (Å²) in [5.74, 6) is -0.600. The second-order valence-electron chi connectivity index (χ2n) is 4.39. The summed E-state index contributed by atoms with van der Waals surface area (Å²) in [6, 6.07) is 8.19. The van der Waals surface area contributed by atoms with Gasteiger partial charge in [0.15, 0.2) is 0 Å². The summed E-state index contributed by atoms with van der Waals surface area (Å²) in [6.07, 6.45) is 0.701. The van der Waals surface area contributed by atoms with E-state index in [1.54, 1.807) is 31.2 Å². The molecule has 0 bridgehead atoms. The van der Waals surface area contributed by atoms with E-state index < -0.39 is 23.3 Å². The Hall–Kier alpha value is -2.34. The average Bonchev–Trinajstić information content (AvgIpc) is 2.42. The highest BCUT2D eigenvalue weighted by Crippen LogP contribution is 2.24. The van der Waals surface area contributed by atoms with Crippen LogP contribution in [-0.4, -0.2) is 15.5 Å². The zero-order chi connectivity index (χ0) is 15.4. The van der Waals surface area contributed by atoms with E-state index in [1.165, 1.54) is 6.20 Å². The first-order chi connectivity index (χ1) is 9.97. The van der Waals surface area contributed by atoms with E-state index in [0.29, 0.717) is 10.6 Å². The van der Waals surface area contributed by atoms with Gasteiger partial charge in [-0.05, 0) is 13.0 Å². The Bertz CT molecular complexity index is 766. The molecule has 6 nitrogen and oxygen atoms in total. The number of benzene rings is 1. The highest BCUT2D eigenvalue weighted by Gasteiger charge is 2.15. The zero-order valence-electron chi connectivity index (χ0n) is 11.2. The first kappa shape index (κ1) is 15.1. The summed E-state index contributed by atoms with van der Waals surface area (Å²) in [5.41, 5.74) is -0.500. The summed E-state index contributed by atoms with van der Waals surface area (Å²) >= 11 is 6.02. The van der Waals surface area contributed by atoms with Crippen molar-refractivity contribution in [3.63, 3.8) is 0 Å². The lowest BCUT2D eigenvalue weighted by Crippen LogP contribution is -2.31. The molecule has 0 radical (unpaired) electrons. The standard InChI is InChI=1S/C14H13ClN2O4/c1-9(10-4-2-3-5-11(10)15)21-13(19)8-17-7-6-12(18)16-14(17)20/h2-7,9H,8H2,1H3,(H,16,18,20)/t9-/m0/s1. The molecule has 0 aliphatic heterocycles. The molecule has 0 aliphatic carbocycles. The second kappa shape index (κ2) is 6.41. The van der Waals surface area contributed by atoms with Crippen LogP contribution in [-0.2, 0) is 16.1 Å². The van der Waals surface area contributed by atoms with Crippen LogP contribution in [0.2, 0.25) is 5.02 Å². The molecule has 1 aromatic heterocycles. The van der Waals surface area contributed by atoms with Crippen molar-refractivity contribution < 1.29 is 9.53 Å². The Morgan fingerprint density at radius 2 is 2.05 bits per heavy atom.